The van der Waals surface area contributed by atoms with Crippen LogP contribution in [0.3, 0.4) is 0 Å². The summed E-state index contributed by atoms with van der Waals surface area (Å²) in [6.07, 6.45) is 3.21. The molecule has 0 spiro atoms. The van der Waals surface area contributed by atoms with Crippen LogP contribution < -0.4 is 5.32 Å². The minimum Gasteiger partial charge on any atom is -0.334 e. The molecule has 5 heteroatoms. The summed E-state index contributed by atoms with van der Waals surface area (Å²) in [6, 6.07) is 10.4. The Balaban J connectivity index is 1.57. The first-order valence-electron chi connectivity index (χ1n) is 8.15. The van der Waals surface area contributed by atoms with Gasteiger partial charge < -0.3 is 5.32 Å². The number of hydrogen-bond acceptors (Lipinski definition) is 3. The predicted octanol–water partition coefficient (Wildman–Crippen LogP) is 2.39. The minimum atomic E-state index is -0.106. The van der Waals surface area contributed by atoms with E-state index >= 15 is 0 Å². The second-order valence-electron chi connectivity index (χ2n) is 6.46. The molecule has 2 heterocycles. The van der Waals surface area contributed by atoms with Gasteiger partial charge in [-0.1, -0.05) is 30.3 Å². The number of rotatable bonds is 4. The normalized spacial score (nSPS) is 25.6. The van der Waals surface area contributed by atoms with Crippen molar-refractivity contribution in [1.29, 1.82) is 0 Å². The lowest BCUT2D eigenvalue weighted by Crippen LogP contribution is -2.51. The van der Waals surface area contributed by atoms with Gasteiger partial charge in [-0.05, 0) is 38.3 Å². The molecule has 2 amide bonds. The van der Waals surface area contributed by atoms with E-state index in [9.17, 15) is 4.79 Å². The number of nitrogens with one attached hydrogen (secondary N) is 1. The van der Waals surface area contributed by atoms with Crippen LogP contribution in [-0.2, 0) is 11.4 Å². The number of amides is 2. The highest BCUT2D eigenvalue weighted by Crippen LogP contribution is 2.30. The van der Waals surface area contributed by atoms with E-state index in [1.807, 2.05) is 6.07 Å². The molecule has 0 aromatic heterocycles. The van der Waals surface area contributed by atoms with Gasteiger partial charge in [0, 0.05) is 18.6 Å². The van der Waals surface area contributed by atoms with Crippen molar-refractivity contribution in [1.82, 2.24) is 15.3 Å². The molecule has 1 aromatic carbocycles. The Labute approximate surface area is 132 Å². The first kappa shape index (κ1) is 15.3. The quantitative estimate of drug-likeness (QED) is 0.929. The highest BCUT2D eigenvalue weighted by atomic mass is 16.7. The van der Waals surface area contributed by atoms with Gasteiger partial charge in [-0.3, -0.25) is 9.74 Å². The summed E-state index contributed by atoms with van der Waals surface area (Å²) in [4.78, 5) is 19.9. The monoisotopic (exact) mass is 303 g/mol. The molecule has 2 fully saturated rings. The first-order chi connectivity index (χ1) is 10.7. The van der Waals surface area contributed by atoms with Crippen LogP contribution in [0.25, 0.3) is 0 Å². The van der Waals surface area contributed by atoms with E-state index in [-0.39, 0.29) is 11.6 Å². The fourth-order valence-electron chi connectivity index (χ4n) is 3.31. The van der Waals surface area contributed by atoms with Crippen LogP contribution in [0.2, 0.25) is 0 Å². The van der Waals surface area contributed by atoms with Crippen LogP contribution >= 0.6 is 0 Å². The molecule has 0 bridgehead atoms. The van der Waals surface area contributed by atoms with Crippen molar-refractivity contribution in [2.24, 2.45) is 0 Å². The maximum Gasteiger partial charge on any atom is 0.341 e. The molecule has 1 atom stereocenters. The number of carbonyl (C=O) groups is 1. The third kappa shape index (κ3) is 3.42. The standard InChI is InChI=1S/C17H25N3O2/c1-17(14-18-16(21)20-11-6-12-22-20)9-5-10-19(17)13-15-7-3-2-4-8-15/h2-4,7-8H,5-6,9-14H2,1H3,(H,18,21). The number of carbonyl (C=O) groups excluding carboxylic acids is 1. The number of likely N-dealkylation sites (tertiary alicyclic amines) is 1. The number of nitrogens with zero attached hydrogens (tertiary/aromatic N) is 2. The zero-order valence-electron chi connectivity index (χ0n) is 13.3. The third-order valence-corrected chi connectivity index (χ3v) is 4.72. The lowest BCUT2D eigenvalue weighted by atomic mass is 9.98. The molecule has 5 nitrogen and oxygen atoms in total. The van der Waals surface area contributed by atoms with Crippen molar-refractivity contribution in [2.75, 3.05) is 26.2 Å². The van der Waals surface area contributed by atoms with E-state index in [1.54, 1.807) is 0 Å². The Kier molecular flexibility index (Phi) is 4.64. The van der Waals surface area contributed by atoms with Gasteiger partial charge in [0.05, 0.1) is 13.2 Å². The van der Waals surface area contributed by atoms with Crippen LogP contribution in [-0.4, -0.2) is 47.8 Å². The van der Waals surface area contributed by atoms with Crippen molar-refractivity contribution < 1.29 is 9.63 Å². The van der Waals surface area contributed by atoms with Crippen LogP contribution in [0.15, 0.2) is 30.3 Å². The molecule has 3 rings (SSSR count). The van der Waals surface area contributed by atoms with Crippen LogP contribution in [0, 0.1) is 0 Å². The Morgan fingerprint density at radius 2 is 2.09 bits per heavy atom. The second-order valence-corrected chi connectivity index (χ2v) is 6.46. The number of hydroxylamine groups is 2. The molecule has 0 radical (unpaired) electrons. The van der Waals surface area contributed by atoms with Gasteiger partial charge in [0.2, 0.25) is 0 Å². The predicted molar refractivity (Wildman–Crippen MR) is 85.2 cm³/mol. The van der Waals surface area contributed by atoms with E-state index in [0.717, 1.165) is 25.9 Å². The summed E-state index contributed by atoms with van der Waals surface area (Å²) in [6.45, 7) is 6.27. The van der Waals surface area contributed by atoms with Crippen LogP contribution in [0.5, 0.6) is 0 Å². The van der Waals surface area contributed by atoms with Gasteiger partial charge >= 0.3 is 6.03 Å². The van der Waals surface area contributed by atoms with Gasteiger partial charge in [-0.15, -0.1) is 0 Å². The van der Waals surface area contributed by atoms with Crippen LogP contribution in [0.4, 0.5) is 4.79 Å². The van der Waals surface area contributed by atoms with E-state index < -0.39 is 0 Å². The average molecular weight is 303 g/mol. The summed E-state index contributed by atoms with van der Waals surface area (Å²) in [7, 11) is 0. The molecule has 1 unspecified atom stereocenters. The van der Waals surface area contributed by atoms with E-state index in [0.29, 0.717) is 19.7 Å². The maximum absolute atomic E-state index is 12.1. The summed E-state index contributed by atoms with van der Waals surface area (Å²) >= 11 is 0. The molecule has 0 saturated carbocycles. The number of urea groups is 1. The summed E-state index contributed by atoms with van der Waals surface area (Å²) in [5.74, 6) is 0. The van der Waals surface area contributed by atoms with E-state index in [1.165, 1.54) is 17.0 Å². The number of hydrogen-bond donors (Lipinski definition) is 1. The Morgan fingerprint density at radius 1 is 1.27 bits per heavy atom. The Morgan fingerprint density at radius 3 is 2.82 bits per heavy atom. The lowest BCUT2D eigenvalue weighted by Gasteiger charge is -2.36. The zero-order valence-corrected chi connectivity index (χ0v) is 13.3. The lowest BCUT2D eigenvalue weighted by molar-refractivity contribution is -0.0669. The summed E-state index contributed by atoms with van der Waals surface area (Å²) in [5, 5.41) is 4.49. The smallest absolute Gasteiger partial charge is 0.334 e. The fourth-order valence-corrected chi connectivity index (χ4v) is 3.31. The molecule has 1 N–H and O–H groups in total. The first-order valence-corrected chi connectivity index (χ1v) is 8.15. The van der Waals surface area contributed by atoms with Gasteiger partial charge in [-0.2, -0.15) is 0 Å². The molecular formula is C17H25N3O2. The Hall–Kier alpha value is -1.59. The van der Waals surface area contributed by atoms with Crippen molar-refractivity contribution in [3.8, 4) is 0 Å². The number of benzene rings is 1. The highest BCUT2D eigenvalue weighted by Gasteiger charge is 2.37. The third-order valence-electron chi connectivity index (χ3n) is 4.72. The largest absolute Gasteiger partial charge is 0.341 e. The summed E-state index contributed by atoms with van der Waals surface area (Å²) in [5.41, 5.74) is 1.34. The topological polar surface area (TPSA) is 44.8 Å². The second kappa shape index (κ2) is 6.67. The highest BCUT2D eigenvalue weighted by molar-refractivity contribution is 5.73. The molecule has 2 aliphatic rings. The molecule has 2 saturated heterocycles. The summed E-state index contributed by atoms with van der Waals surface area (Å²) < 4.78 is 0. The van der Waals surface area contributed by atoms with Crippen LogP contribution in [0.1, 0.15) is 31.7 Å². The Bertz CT molecular complexity index is 502. The van der Waals surface area contributed by atoms with E-state index in [4.69, 9.17) is 4.84 Å². The fraction of sp³-hybridized carbons (Fsp3) is 0.588. The van der Waals surface area contributed by atoms with Crippen molar-refractivity contribution >= 4 is 6.03 Å². The molecule has 22 heavy (non-hydrogen) atoms. The maximum atomic E-state index is 12.1. The minimum absolute atomic E-state index is 0.0191. The molecule has 0 aliphatic carbocycles. The van der Waals surface area contributed by atoms with Crippen molar-refractivity contribution in [3.05, 3.63) is 35.9 Å². The zero-order chi connectivity index (χ0) is 15.4. The van der Waals surface area contributed by atoms with Crippen molar-refractivity contribution in [3.63, 3.8) is 0 Å². The SMILES string of the molecule is CC1(CNC(=O)N2CCCO2)CCCN1Cc1ccccc1. The molecular weight excluding hydrogens is 278 g/mol. The van der Waals surface area contributed by atoms with Gasteiger partial charge in [0.25, 0.3) is 0 Å². The van der Waals surface area contributed by atoms with Gasteiger partial charge in [0.1, 0.15) is 0 Å². The molecule has 1 aromatic rings. The van der Waals surface area contributed by atoms with Crippen molar-refractivity contribution in [2.45, 2.75) is 38.3 Å². The van der Waals surface area contributed by atoms with Gasteiger partial charge in [-0.25, -0.2) is 9.86 Å². The van der Waals surface area contributed by atoms with Gasteiger partial charge in [0.15, 0.2) is 0 Å². The van der Waals surface area contributed by atoms with E-state index in [2.05, 4.69) is 41.4 Å². The molecule has 120 valence electrons. The average Bonchev–Trinajstić information content (AvgIpc) is 3.18. The molecule has 2 aliphatic heterocycles.